The first-order chi connectivity index (χ1) is 8.84. The Bertz CT molecular complexity index is 518. The molecule has 1 heteroatoms. The SMILES string of the molecule is C[C@H]1CCN(Cc2ccccc2)c2ccccc21. The number of hydrogen-bond donors (Lipinski definition) is 0. The molecule has 2 aromatic carbocycles. The predicted octanol–water partition coefficient (Wildman–Crippen LogP) is 4.20. The first-order valence-corrected chi connectivity index (χ1v) is 6.72. The maximum absolute atomic E-state index is 2.50. The molecule has 0 saturated carbocycles. The van der Waals surface area contributed by atoms with Crippen LogP contribution in [0.4, 0.5) is 5.69 Å². The van der Waals surface area contributed by atoms with Gasteiger partial charge in [-0.3, -0.25) is 0 Å². The second kappa shape index (κ2) is 4.85. The highest BCUT2D eigenvalue weighted by molar-refractivity contribution is 5.57. The number of rotatable bonds is 2. The van der Waals surface area contributed by atoms with E-state index in [0.717, 1.165) is 13.1 Å². The van der Waals surface area contributed by atoms with Crippen LogP contribution >= 0.6 is 0 Å². The zero-order chi connectivity index (χ0) is 12.4. The molecule has 0 spiro atoms. The van der Waals surface area contributed by atoms with Gasteiger partial charge in [-0.15, -0.1) is 0 Å². The van der Waals surface area contributed by atoms with Gasteiger partial charge in [0, 0.05) is 18.8 Å². The third-order valence-electron chi connectivity index (χ3n) is 3.86. The van der Waals surface area contributed by atoms with Crippen molar-refractivity contribution in [1.82, 2.24) is 0 Å². The summed E-state index contributed by atoms with van der Waals surface area (Å²) in [7, 11) is 0. The smallest absolute Gasteiger partial charge is 0.0429 e. The Morgan fingerprint density at radius 1 is 1.00 bits per heavy atom. The molecule has 0 bridgehead atoms. The predicted molar refractivity (Wildman–Crippen MR) is 77.0 cm³/mol. The first-order valence-electron chi connectivity index (χ1n) is 6.72. The monoisotopic (exact) mass is 237 g/mol. The Morgan fingerprint density at radius 2 is 1.72 bits per heavy atom. The third-order valence-corrected chi connectivity index (χ3v) is 3.86. The third kappa shape index (κ3) is 2.13. The van der Waals surface area contributed by atoms with Crippen molar-refractivity contribution < 1.29 is 0 Å². The minimum atomic E-state index is 0.688. The van der Waals surface area contributed by atoms with Crippen LogP contribution < -0.4 is 4.90 Å². The Labute approximate surface area is 109 Å². The minimum absolute atomic E-state index is 0.688. The maximum atomic E-state index is 2.50. The van der Waals surface area contributed by atoms with Crippen LogP contribution in [0.2, 0.25) is 0 Å². The molecule has 92 valence electrons. The number of benzene rings is 2. The van der Waals surface area contributed by atoms with Gasteiger partial charge in [-0.2, -0.15) is 0 Å². The van der Waals surface area contributed by atoms with Crippen LogP contribution in [0.5, 0.6) is 0 Å². The molecule has 0 unspecified atom stereocenters. The molecule has 1 aliphatic rings. The summed E-state index contributed by atoms with van der Waals surface area (Å²) < 4.78 is 0. The lowest BCUT2D eigenvalue weighted by Gasteiger charge is -2.34. The lowest BCUT2D eigenvalue weighted by atomic mass is 9.91. The molecule has 0 aromatic heterocycles. The van der Waals surface area contributed by atoms with Crippen molar-refractivity contribution in [2.75, 3.05) is 11.4 Å². The molecule has 0 N–H and O–H groups in total. The van der Waals surface area contributed by atoms with E-state index in [4.69, 9.17) is 0 Å². The zero-order valence-electron chi connectivity index (χ0n) is 10.8. The van der Waals surface area contributed by atoms with E-state index >= 15 is 0 Å². The van der Waals surface area contributed by atoms with Crippen molar-refractivity contribution in [2.24, 2.45) is 0 Å². The molecule has 18 heavy (non-hydrogen) atoms. The van der Waals surface area contributed by atoms with Crippen molar-refractivity contribution in [1.29, 1.82) is 0 Å². The Morgan fingerprint density at radius 3 is 2.56 bits per heavy atom. The van der Waals surface area contributed by atoms with Crippen LogP contribution in [-0.4, -0.2) is 6.54 Å². The molecular formula is C17H19N. The molecule has 1 nitrogen and oxygen atoms in total. The Hall–Kier alpha value is -1.76. The average Bonchev–Trinajstić information content (AvgIpc) is 2.44. The number of hydrogen-bond acceptors (Lipinski definition) is 1. The van der Waals surface area contributed by atoms with Gasteiger partial charge in [0.1, 0.15) is 0 Å². The van der Waals surface area contributed by atoms with Gasteiger partial charge in [0.25, 0.3) is 0 Å². The molecule has 2 aromatic rings. The molecule has 0 fully saturated rings. The summed E-state index contributed by atoms with van der Waals surface area (Å²) in [6.45, 7) is 4.51. The minimum Gasteiger partial charge on any atom is -0.367 e. The van der Waals surface area contributed by atoms with Gasteiger partial charge in [-0.05, 0) is 29.5 Å². The molecule has 0 saturated heterocycles. The van der Waals surface area contributed by atoms with E-state index in [-0.39, 0.29) is 0 Å². The number of para-hydroxylation sites is 1. The van der Waals surface area contributed by atoms with Crippen LogP contribution in [0.25, 0.3) is 0 Å². The van der Waals surface area contributed by atoms with E-state index < -0.39 is 0 Å². The summed E-state index contributed by atoms with van der Waals surface area (Å²) >= 11 is 0. The first kappa shape index (κ1) is 11.3. The van der Waals surface area contributed by atoms with Crippen molar-refractivity contribution in [3.05, 3.63) is 65.7 Å². The summed E-state index contributed by atoms with van der Waals surface area (Å²) in [5.41, 5.74) is 4.31. The Balaban J connectivity index is 1.89. The number of nitrogens with zero attached hydrogens (tertiary/aromatic N) is 1. The van der Waals surface area contributed by atoms with Crippen molar-refractivity contribution in [3.8, 4) is 0 Å². The second-order valence-electron chi connectivity index (χ2n) is 5.16. The van der Waals surface area contributed by atoms with Gasteiger partial charge in [0.05, 0.1) is 0 Å². The highest BCUT2D eigenvalue weighted by Crippen LogP contribution is 2.35. The van der Waals surface area contributed by atoms with Gasteiger partial charge in [-0.25, -0.2) is 0 Å². The largest absolute Gasteiger partial charge is 0.367 e. The van der Waals surface area contributed by atoms with Gasteiger partial charge in [-0.1, -0.05) is 55.5 Å². The summed E-state index contributed by atoms with van der Waals surface area (Å²) in [5.74, 6) is 0.688. The number of anilines is 1. The van der Waals surface area contributed by atoms with Crippen LogP contribution in [-0.2, 0) is 6.54 Å². The van der Waals surface area contributed by atoms with Crippen LogP contribution in [0.1, 0.15) is 30.4 Å². The van der Waals surface area contributed by atoms with Gasteiger partial charge in [0.2, 0.25) is 0 Å². The van der Waals surface area contributed by atoms with Gasteiger partial charge >= 0.3 is 0 Å². The zero-order valence-corrected chi connectivity index (χ0v) is 10.8. The molecule has 1 aliphatic heterocycles. The normalized spacial score (nSPS) is 18.5. The van der Waals surface area contributed by atoms with Gasteiger partial charge < -0.3 is 4.90 Å². The molecule has 3 rings (SSSR count). The lowest BCUT2D eigenvalue weighted by Crippen LogP contribution is -2.29. The van der Waals surface area contributed by atoms with E-state index in [0.29, 0.717) is 5.92 Å². The molecule has 0 radical (unpaired) electrons. The van der Waals surface area contributed by atoms with E-state index in [1.807, 2.05) is 0 Å². The standard InChI is InChI=1S/C17H19N/c1-14-11-12-18(13-15-7-3-2-4-8-15)17-10-6-5-9-16(14)17/h2-10,14H,11-13H2,1H3/t14-/m0/s1. The second-order valence-corrected chi connectivity index (χ2v) is 5.16. The van der Waals surface area contributed by atoms with E-state index in [9.17, 15) is 0 Å². The van der Waals surface area contributed by atoms with Crippen molar-refractivity contribution in [2.45, 2.75) is 25.8 Å². The average molecular weight is 237 g/mol. The van der Waals surface area contributed by atoms with Crippen LogP contribution in [0.3, 0.4) is 0 Å². The fourth-order valence-electron chi connectivity index (χ4n) is 2.79. The summed E-state index contributed by atoms with van der Waals surface area (Å²) in [4.78, 5) is 2.50. The van der Waals surface area contributed by atoms with Gasteiger partial charge in [0.15, 0.2) is 0 Å². The quantitative estimate of drug-likeness (QED) is 0.756. The molecule has 1 heterocycles. The summed E-state index contributed by atoms with van der Waals surface area (Å²) in [6, 6.07) is 19.6. The highest BCUT2D eigenvalue weighted by Gasteiger charge is 2.21. The highest BCUT2D eigenvalue weighted by atomic mass is 15.1. The molecular weight excluding hydrogens is 218 g/mol. The molecule has 0 aliphatic carbocycles. The number of fused-ring (bicyclic) bond motifs is 1. The van der Waals surface area contributed by atoms with E-state index in [1.54, 1.807) is 0 Å². The Kier molecular flexibility index (Phi) is 3.06. The lowest BCUT2D eigenvalue weighted by molar-refractivity contribution is 0.609. The fourth-order valence-corrected chi connectivity index (χ4v) is 2.79. The maximum Gasteiger partial charge on any atom is 0.0429 e. The van der Waals surface area contributed by atoms with Crippen LogP contribution in [0.15, 0.2) is 54.6 Å². The topological polar surface area (TPSA) is 3.24 Å². The molecule has 0 amide bonds. The van der Waals surface area contributed by atoms with E-state index in [1.165, 1.54) is 23.2 Å². The fraction of sp³-hybridized carbons (Fsp3) is 0.294. The summed E-state index contributed by atoms with van der Waals surface area (Å²) in [6.07, 6.45) is 1.25. The van der Waals surface area contributed by atoms with Crippen molar-refractivity contribution >= 4 is 5.69 Å². The van der Waals surface area contributed by atoms with E-state index in [2.05, 4.69) is 66.4 Å². The summed E-state index contributed by atoms with van der Waals surface area (Å²) in [5, 5.41) is 0. The molecule has 1 atom stereocenters. The van der Waals surface area contributed by atoms with Crippen LogP contribution in [0, 0.1) is 0 Å². The van der Waals surface area contributed by atoms with Crippen molar-refractivity contribution in [3.63, 3.8) is 0 Å².